The van der Waals surface area contributed by atoms with Crippen molar-refractivity contribution in [2.45, 2.75) is 25.9 Å². The number of nitrogens with one attached hydrogen (secondary N) is 1. The van der Waals surface area contributed by atoms with E-state index in [4.69, 9.17) is 0 Å². The average Bonchev–Trinajstić information content (AvgIpc) is 2.97. The molecule has 1 aromatic carbocycles. The zero-order valence-corrected chi connectivity index (χ0v) is 14.3. The van der Waals surface area contributed by atoms with Gasteiger partial charge in [0, 0.05) is 38.0 Å². The van der Waals surface area contributed by atoms with Crippen LogP contribution < -0.4 is 5.32 Å². The number of carbonyl (C=O) groups is 2. The molecule has 3 rings (SSSR count). The van der Waals surface area contributed by atoms with Gasteiger partial charge in [-0.3, -0.25) is 14.5 Å². The highest BCUT2D eigenvalue weighted by Crippen LogP contribution is 2.20. The number of amides is 2. The molecule has 0 aromatic heterocycles. The average molecular weight is 333 g/mol. The zero-order chi connectivity index (χ0) is 16.2. The van der Waals surface area contributed by atoms with Gasteiger partial charge in [0.25, 0.3) is 5.24 Å². The van der Waals surface area contributed by atoms with Crippen molar-refractivity contribution in [3.63, 3.8) is 0 Å². The van der Waals surface area contributed by atoms with Crippen molar-refractivity contribution >= 4 is 22.9 Å². The van der Waals surface area contributed by atoms with Gasteiger partial charge < -0.3 is 10.2 Å². The topological polar surface area (TPSA) is 52.7 Å². The molecule has 5 nitrogen and oxygen atoms in total. The number of thioether (sulfide) groups is 1. The zero-order valence-electron chi connectivity index (χ0n) is 13.5. The fraction of sp³-hybridized carbons (Fsp3) is 0.529. The third-order valence-corrected chi connectivity index (χ3v) is 5.45. The van der Waals surface area contributed by atoms with Gasteiger partial charge in [-0.15, -0.1) is 0 Å². The molecule has 2 amide bonds. The van der Waals surface area contributed by atoms with Gasteiger partial charge in [-0.2, -0.15) is 0 Å². The van der Waals surface area contributed by atoms with E-state index in [9.17, 15) is 9.59 Å². The highest BCUT2D eigenvalue weighted by atomic mass is 32.2. The standard InChI is InChI=1S/C17H23N3O2S/c1-13(10-18-16(21)12-20-8-9-23-17(20)22)19-7-6-14-4-2-3-5-15(14)11-19/h2-5,13H,6-12H2,1H3,(H,18,21). The van der Waals surface area contributed by atoms with Gasteiger partial charge in [-0.1, -0.05) is 36.0 Å². The Labute approximate surface area is 141 Å². The minimum absolute atomic E-state index is 0.0147. The summed E-state index contributed by atoms with van der Waals surface area (Å²) in [6.07, 6.45) is 1.06. The van der Waals surface area contributed by atoms with Crippen molar-refractivity contribution in [1.82, 2.24) is 15.1 Å². The maximum atomic E-state index is 12.0. The Morgan fingerprint density at radius 3 is 2.83 bits per heavy atom. The third kappa shape index (κ3) is 4.06. The number of nitrogens with zero attached hydrogens (tertiary/aromatic N) is 2. The van der Waals surface area contributed by atoms with Crippen LogP contribution in [0.25, 0.3) is 0 Å². The van der Waals surface area contributed by atoms with Gasteiger partial charge in [-0.05, 0) is 24.5 Å². The van der Waals surface area contributed by atoms with Crippen LogP contribution >= 0.6 is 11.8 Å². The fourth-order valence-electron chi connectivity index (χ4n) is 3.08. The summed E-state index contributed by atoms with van der Waals surface area (Å²) >= 11 is 1.29. The van der Waals surface area contributed by atoms with Gasteiger partial charge in [0.15, 0.2) is 0 Å². The van der Waals surface area contributed by atoms with E-state index in [0.717, 1.165) is 25.3 Å². The van der Waals surface area contributed by atoms with Crippen LogP contribution in [0.3, 0.4) is 0 Å². The lowest BCUT2D eigenvalue weighted by Gasteiger charge is -2.33. The summed E-state index contributed by atoms with van der Waals surface area (Å²) in [5, 5.41) is 2.98. The summed E-state index contributed by atoms with van der Waals surface area (Å²) in [7, 11) is 0. The smallest absolute Gasteiger partial charge is 0.282 e. The van der Waals surface area contributed by atoms with Gasteiger partial charge in [0.2, 0.25) is 5.91 Å². The molecule has 124 valence electrons. The van der Waals surface area contributed by atoms with Gasteiger partial charge in [0.1, 0.15) is 6.54 Å². The SMILES string of the molecule is CC(CNC(=O)CN1CCSC1=O)N1CCc2ccccc2C1. The molecule has 1 atom stereocenters. The highest BCUT2D eigenvalue weighted by molar-refractivity contribution is 8.13. The molecule has 1 aromatic rings. The van der Waals surface area contributed by atoms with Crippen molar-refractivity contribution < 1.29 is 9.59 Å². The van der Waals surface area contributed by atoms with Crippen LogP contribution in [0.15, 0.2) is 24.3 Å². The molecule has 2 aliphatic rings. The molecule has 0 bridgehead atoms. The summed E-state index contributed by atoms with van der Waals surface area (Å²) in [6, 6.07) is 8.85. The van der Waals surface area contributed by atoms with E-state index in [0.29, 0.717) is 13.1 Å². The Balaban J connectivity index is 1.45. The Bertz CT molecular complexity index is 593. The van der Waals surface area contributed by atoms with E-state index in [1.807, 2.05) is 0 Å². The number of benzene rings is 1. The van der Waals surface area contributed by atoms with E-state index < -0.39 is 0 Å². The number of fused-ring (bicyclic) bond motifs is 1. The van der Waals surface area contributed by atoms with Crippen LogP contribution in [0.5, 0.6) is 0 Å². The first kappa shape index (κ1) is 16.3. The molecule has 0 saturated carbocycles. The first-order chi connectivity index (χ1) is 11.1. The molecule has 1 N–H and O–H groups in total. The van der Waals surface area contributed by atoms with Crippen LogP contribution in [0, 0.1) is 0 Å². The molecule has 1 fully saturated rings. The predicted octanol–water partition coefficient (Wildman–Crippen LogP) is 1.72. The Hall–Kier alpha value is -1.53. The molecule has 0 aliphatic carbocycles. The Morgan fingerprint density at radius 2 is 2.09 bits per heavy atom. The lowest BCUT2D eigenvalue weighted by Crippen LogP contribution is -2.46. The van der Waals surface area contributed by atoms with Crippen LogP contribution in [0.2, 0.25) is 0 Å². The molecule has 0 spiro atoms. The van der Waals surface area contributed by atoms with Crippen LogP contribution in [-0.2, 0) is 17.8 Å². The van der Waals surface area contributed by atoms with Crippen molar-refractivity contribution in [3.8, 4) is 0 Å². The molecule has 1 unspecified atom stereocenters. The summed E-state index contributed by atoms with van der Waals surface area (Å²) < 4.78 is 0. The number of hydrogen-bond donors (Lipinski definition) is 1. The lowest BCUT2D eigenvalue weighted by molar-refractivity contribution is -0.121. The summed E-state index contributed by atoms with van der Waals surface area (Å²) in [4.78, 5) is 27.5. The van der Waals surface area contributed by atoms with Crippen LogP contribution in [0.1, 0.15) is 18.1 Å². The van der Waals surface area contributed by atoms with E-state index in [2.05, 4.69) is 41.4 Å². The predicted molar refractivity (Wildman–Crippen MR) is 92.5 cm³/mol. The summed E-state index contributed by atoms with van der Waals surface area (Å²) in [5.41, 5.74) is 2.82. The molecule has 2 aliphatic heterocycles. The number of hydrogen-bond acceptors (Lipinski definition) is 4. The second-order valence-corrected chi connectivity index (χ2v) is 7.22. The second-order valence-electron chi connectivity index (χ2n) is 6.18. The Morgan fingerprint density at radius 1 is 1.30 bits per heavy atom. The Kier molecular flexibility index (Phi) is 5.23. The summed E-state index contributed by atoms with van der Waals surface area (Å²) in [6.45, 7) is 5.59. The second kappa shape index (κ2) is 7.36. The molecule has 2 heterocycles. The first-order valence-electron chi connectivity index (χ1n) is 8.12. The number of rotatable bonds is 5. The quantitative estimate of drug-likeness (QED) is 0.891. The van der Waals surface area contributed by atoms with Gasteiger partial charge >= 0.3 is 0 Å². The largest absolute Gasteiger partial charge is 0.353 e. The lowest BCUT2D eigenvalue weighted by atomic mass is 9.99. The normalized spacial score (nSPS) is 19.5. The fourth-order valence-corrected chi connectivity index (χ4v) is 3.91. The first-order valence-corrected chi connectivity index (χ1v) is 9.11. The van der Waals surface area contributed by atoms with E-state index >= 15 is 0 Å². The van der Waals surface area contributed by atoms with Crippen molar-refractivity contribution in [1.29, 1.82) is 0 Å². The maximum Gasteiger partial charge on any atom is 0.282 e. The van der Waals surface area contributed by atoms with E-state index in [-0.39, 0.29) is 23.7 Å². The van der Waals surface area contributed by atoms with Gasteiger partial charge in [-0.25, -0.2) is 0 Å². The summed E-state index contributed by atoms with van der Waals surface area (Å²) in [5.74, 6) is 0.723. The molecule has 0 radical (unpaired) electrons. The van der Waals surface area contributed by atoms with Crippen molar-refractivity contribution in [2.75, 3.05) is 31.9 Å². The minimum atomic E-state index is -0.0647. The molecule has 23 heavy (non-hydrogen) atoms. The molecular weight excluding hydrogens is 310 g/mol. The van der Waals surface area contributed by atoms with Gasteiger partial charge in [0.05, 0.1) is 0 Å². The maximum absolute atomic E-state index is 12.0. The molecule has 1 saturated heterocycles. The monoisotopic (exact) mass is 333 g/mol. The molecular formula is C17H23N3O2S. The number of carbonyl (C=O) groups excluding carboxylic acids is 2. The minimum Gasteiger partial charge on any atom is -0.353 e. The van der Waals surface area contributed by atoms with Crippen LogP contribution in [0.4, 0.5) is 4.79 Å². The van der Waals surface area contributed by atoms with Crippen LogP contribution in [-0.4, -0.2) is 58.9 Å². The van der Waals surface area contributed by atoms with E-state index in [1.54, 1.807) is 4.90 Å². The van der Waals surface area contributed by atoms with E-state index in [1.165, 1.54) is 22.9 Å². The van der Waals surface area contributed by atoms with Crippen molar-refractivity contribution in [3.05, 3.63) is 35.4 Å². The van der Waals surface area contributed by atoms with Crippen molar-refractivity contribution in [2.24, 2.45) is 0 Å². The molecule has 6 heteroatoms. The highest BCUT2D eigenvalue weighted by Gasteiger charge is 2.24. The third-order valence-electron chi connectivity index (χ3n) is 4.56.